The van der Waals surface area contributed by atoms with E-state index in [2.05, 4.69) is 71.0 Å². The van der Waals surface area contributed by atoms with Crippen molar-refractivity contribution in [2.75, 3.05) is 0 Å². The Morgan fingerprint density at radius 1 is 0.821 bits per heavy atom. The zero-order chi connectivity index (χ0) is 26.7. The molecule has 0 bridgehead atoms. The standard InChI is InChI=1S/C32H34N6O/c1-2-3-15-29-33-32(20-9-10-21-32)31(39)37(29)22-25-16-18-26(19-17-25)27-13-7-8-14-28(27)30-34-35-36-38(30)23-24-11-5-4-6-12-24/h4-8,11-14,16-19H,2-3,9-10,15,20-23H2,1H3. The summed E-state index contributed by atoms with van der Waals surface area (Å²) in [5, 5.41) is 12.6. The van der Waals surface area contributed by atoms with Gasteiger partial charge in [0, 0.05) is 12.0 Å². The molecule has 2 heterocycles. The number of tetrazole rings is 1. The topological polar surface area (TPSA) is 76.3 Å². The summed E-state index contributed by atoms with van der Waals surface area (Å²) in [4.78, 5) is 20.5. The van der Waals surface area contributed by atoms with Crippen LogP contribution in [0.1, 0.15) is 63.0 Å². The van der Waals surface area contributed by atoms with Crippen LogP contribution in [0.15, 0.2) is 83.9 Å². The van der Waals surface area contributed by atoms with Crippen LogP contribution in [0.5, 0.6) is 0 Å². The van der Waals surface area contributed by atoms with Crippen LogP contribution in [0.2, 0.25) is 0 Å². The lowest BCUT2D eigenvalue weighted by Gasteiger charge is -2.23. The summed E-state index contributed by atoms with van der Waals surface area (Å²) in [5.74, 6) is 1.91. The molecule has 1 aliphatic carbocycles. The molecule has 3 aromatic carbocycles. The molecule has 6 rings (SSSR count). The molecular weight excluding hydrogens is 484 g/mol. The van der Waals surface area contributed by atoms with Crippen molar-refractivity contribution in [3.63, 3.8) is 0 Å². The molecule has 7 heteroatoms. The van der Waals surface area contributed by atoms with Gasteiger partial charge in [-0.25, -0.2) is 4.68 Å². The molecular formula is C32H34N6O. The van der Waals surface area contributed by atoms with Crippen LogP contribution < -0.4 is 0 Å². The summed E-state index contributed by atoms with van der Waals surface area (Å²) >= 11 is 0. The van der Waals surface area contributed by atoms with Crippen LogP contribution in [-0.2, 0) is 17.9 Å². The third-order valence-electron chi connectivity index (χ3n) is 7.96. The van der Waals surface area contributed by atoms with Gasteiger partial charge in [0.1, 0.15) is 11.4 Å². The number of amidine groups is 1. The number of amides is 1. The number of aliphatic imine (C=N–C) groups is 1. The average molecular weight is 519 g/mol. The number of rotatable bonds is 9. The molecule has 7 nitrogen and oxygen atoms in total. The Bertz CT molecular complexity index is 1470. The first kappa shape index (κ1) is 25.2. The molecule has 198 valence electrons. The van der Waals surface area contributed by atoms with E-state index in [4.69, 9.17) is 4.99 Å². The zero-order valence-corrected chi connectivity index (χ0v) is 22.5. The maximum atomic E-state index is 13.5. The second-order valence-corrected chi connectivity index (χ2v) is 10.6. The van der Waals surface area contributed by atoms with Gasteiger partial charge >= 0.3 is 0 Å². The first-order valence-corrected chi connectivity index (χ1v) is 14.1. The minimum absolute atomic E-state index is 0.200. The lowest BCUT2D eigenvalue weighted by Crippen LogP contribution is -2.40. The molecule has 0 saturated heterocycles. The molecule has 0 N–H and O–H groups in total. The minimum Gasteiger partial charge on any atom is -0.294 e. The van der Waals surface area contributed by atoms with Crippen molar-refractivity contribution in [3.05, 3.63) is 90.0 Å². The third kappa shape index (κ3) is 5.01. The molecule has 1 aliphatic heterocycles. The molecule has 2 aliphatic rings. The van der Waals surface area contributed by atoms with Gasteiger partial charge in [0.25, 0.3) is 5.91 Å². The van der Waals surface area contributed by atoms with E-state index in [0.717, 1.165) is 84.4 Å². The summed E-state index contributed by atoms with van der Waals surface area (Å²) in [5.41, 5.74) is 4.90. The van der Waals surface area contributed by atoms with E-state index in [1.807, 2.05) is 39.9 Å². The Hall–Kier alpha value is -4.13. The second-order valence-electron chi connectivity index (χ2n) is 10.6. The molecule has 1 fully saturated rings. The van der Waals surface area contributed by atoms with E-state index in [9.17, 15) is 4.79 Å². The van der Waals surface area contributed by atoms with Crippen LogP contribution in [0.25, 0.3) is 22.5 Å². The zero-order valence-electron chi connectivity index (χ0n) is 22.5. The third-order valence-corrected chi connectivity index (χ3v) is 7.96. The fourth-order valence-corrected chi connectivity index (χ4v) is 5.86. The second kappa shape index (κ2) is 10.9. The van der Waals surface area contributed by atoms with Crippen LogP contribution in [-0.4, -0.2) is 42.4 Å². The highest BCUT2D eigenvalue weighted by Gasteiger charge is 2.49. The van der Waals surface area contributed by atoms with Crippen LogP contribution in [0, 0.1) is 0 Å². The number of unbranched alkanes of at least 4 members (excludes halogenated alkanes) is 1. The maximum Gasteiger partial charge on any atom is 0.256 e. The predicted molar refractivity (Wildman–Crippen MR) is 153 cm³/mol. The number of carbonyl (C=O) groups excluding carboxylic acids is 1. The minimum atomic E-state index is -0.494. The van der Waals surface area contributed by atoms with Crippen molar-refractivity contribution in [1.82, 2.24) is 25.1 Å². The Morgan fingerprint density at radius 3 is 2.26 bits per heavy atom. The molecule has 1 aromatic heterocycles. The highest BCUT2D eigenvalue weighted by Crippen LogP contribution is 2.40. The summed E-state index contributed by atoms with van der Waals surface area (Å²) in [6.45, 7) is 3.36. The molecule has 0 atom stereocenters. The summed E-state index contributed by atoms with van der Waals surface area (Å²) in [6.07, 6.45) is 6.97. The number of hydrogen-bond acceptors (Lipinski definition) is 5. The van der Waals surface area contributed by atoms with Crippen molar-refractivity contribution in [2.24, 2.45) is 4.99 Å². The lowest BCUT2D eigenvalue weighted by molar-refractivity contribution is -0.131. The van der Waals surface area contributed by atoms with Gasteiger partial charge in [-0.05, 0) is 51.9 Å². The lowest BCUT2D eigenvalue weighted by atomic mass is 9.97. The van der Waals surface area contributed by atoms with E-state index in [1.54, 1.807) is 0 Å². The Labute approximate surface area is 229 Å². The first-order chi connectivity index (χ1) is 19.2. The first-order valence-electron chi connectivity index (χ1n) is 14.1. The van der Waals surface area contributed by atoms with Gasteiger partial charge in [-0.15, -0.1) is 5.10 Å². The van der Waals surface area contributed by atoms with Crippen molar-refractivity contribution in [2.45, 2.75) is 70.5 Å². The van der Waals surface area contributed by atoms with E-state index < -0.39 is 5.54 Å². The highest BCUT2D eigenvalue weighted by molar-refractivity contribution is 6.08. The van der Waals surface area contributed by atoms with Crippen LogP contribution in [0.3, 0.4) is 0 Å². The number of hydrogen-bond donors (Lipinski definition) is 0. The van der Waals surface area contributed by atoms with Crippen LogP contribution in [0.4, 0.5) is 0 Å². The molecule has 0 radical (unpaired) electrons. The number of aromatic nitrogens is 4. The van der Waals surface area contributed by atoms with E-state index in [1.165, 1.54) is 0 Å². The van der Waals surface area contributed by atoms with Gasteiger partial charge in [-0.1, -0.05) is 105 Å². The molecule has 39 heavy (non-hydrogen) atoms. The monoisotopic (exact) mass is 518 g/mol. The van der Waals surface area contributed by atoms with Crippen molar-refractivity contribution in [1.29, 1.82) is 0 Å². The predicted octanol–water partition coefficient (Wildman–Crippen LogP) is 6.30. The van der Waals surface area contributed by atoms with Crippen molar-refractivity contribution >= 4 is 11.7 Å². The maximum absolute atomic E-state index is 13.5. The fraction of sp³-hybridized carbons (Fsp3) is 0.344. The SMILES string of the molecule is CCCCC1=NC2(CCCC2)C(=O)N1Cc1ccc(-c2ccccc2-c2nnnn2Cc2ccccc2)cc1. The molecule has 1 saturated carbocycles. The normalized spacial score (nSPS) is 16.3. The molecule has 4 aromatic rings. The number of benzene rings is 3. The Kier molecular flexibility index (Phi) is 7.05. The van der Waals surface area contributed by atoms with Crippen molar-refractivity contribution < 1.29 is 4.79 Å². The van der Waals surface area contributed by atoms with Gasteiger partial charge < -0.3 is 0 Å². The van der Waals surface area contributed by atoms with E-state index in [-0.39, 0.29) is 5.91 Å². The summed E-state index contributed by atoms with van der Waals surface area (Å²) in [6, 6.07) is 27.0. The quantitative estimate of drug-likeness (QED) is 0.261. The van der Waals surface area contributed by atoms with Crippen LogP contribution >= 0.6 is 0 Å². The smallest absolute Gasteiger partial charge is 0.256 e. The van der Waals surface area contributed by atoms with Gasteiger partial charge in [0.2, 0.25) is 0 Å². The number of nitrogens with zero attached hydrogens (tertiary/aromatic N) is 6. The largest absolute Gasteiger partial charge is 0.294 e. The molecule has 1 spiro atoms. The van der Waals surface area contributed by atoms with E-state index in [0.29, 0.717) is 13.1 Å². The summed E-state index contributed by atoms with van der Waals surface area (Å²) in [7, 11) is 0. The highest BCUT2D eigenvalue weighted by atomic mass is 16.2. The Morgan fingerprint density at radius 2 is 1.51 bits per heavy atom. The van der Waals surface area contributed by atoms with Crippen molar-refractivity contribution in [3.8, 4) is 22.5 Å². The van der Waals surface area contributed by atoms with Gasteiger partial charge in [0.15, 0.2) is 5.82 Å². The molecule has 0 unspecified atom stereocenters. The van der Waals surface area contributed by atoms with Gasteiger partial charge in [-0.2, -0.15) is 0 Å². The fourth-order valence-electron chi connectivity index (χ4n) is 5.86. The Balaban J connectivity index is 1.24. The molecule has 1 amide bonds. The summed E-state index contributed by atoms with van der Waals surface area (Å²) < 4.78 is 1.84. The van der Waals surface area contributed by atoms with Gasteiger partial charge in [0.05, 0.1) is 13.1 Å². The number of carbonyl (C=O) groups is 1. The van der Waals surface area contributed by atoms with Gasteiger partial charge in [-0.3, -0.25) is 14.7 Å². The average Bonchev–Trinajstić information content (AvgIpc) is 3.70. The van der Waals surface area contributed by atoms with E-state index >= 15 is 0 Å².